The molecule has 20 heavy (non-hydrogen) atoms. The summed E-state index contributed by atoms with van der Waals surface area (Å²) in [4.78, 5) is 16.1. The van der Waals surface area contributed by atoms with E-state index in [4.69, 9.17) is 10.3 Å². The van der Waals surface area contributed by atoms with Crippen LogP contribution in [0.25, 0.3) is 0 Å². The van der Waals surface area contributed by atoms with Crippen molar-refractivity contribution in [1.82, 2.24) is 15.2 Å². The topological polar surface area (TPSA) is 74.7 Å². The number of hydrazine groups is 1. The van der Waals surface area contributed by atoms with Gasteiger partial charge in [0.2, 0.25) is 0 Å². The molecule has 1 amide bonds. The Kier molecular flexibility index (Phi) is 6.70. The fourth-order valence-corrected chi connectivity index (χ4v) is 2.06. The summed E-state index contributed by atoms with van der Waals surface area (Å²) in [5, 5.41) is 0. The fourth-order valence-electron chi connectivity index (χ4n) is 2.06. The Balaban J connectivity index is 2.73. The number of nitrogens with zero attached hydrogens (tertiary/aromatic N) is 2. The summed E-state index contributed by atoms with van der Waals surface area (Å²) in [5.41, 5.74) is 2.98. The number of furan rings is 1. The summed E-state index contributed by atoms with van der Waals surface area (Å²) in [5.74, 6) is 5.64. The minimum Gasteiger partial charge on any atom is -0.459 e. The number of nitrogens with two attached hydrogens (primary N) is 1. The number of hydrogen-bond donors (Lipinski definition) is 2. The first-order valence-electron chi connectivity index (χ1n) is 6.88. The van der Waals surface area contributed by atoms with Crippen LogP contribution in [-0.4, -0.2) is 49.4 Å². The molecule has 1 aromatic heterocycles. The van der Waals surface area contributed by atoms with Gasteiger partial charge in [-0.25, -0.2) is 5.84 Å². The van der Waals surface area contributed by atoms with Gasteiger partial charge in [-0.2, -0.15) is 0 Å². The first-order valence-corrected chi connectivity index (χ1v) is 6.88. The Morgan fingerprint density at radius 1 is 1.40 bits per heavy atom. The van der Waals surface area contributed by atoms with E-state index in [2.05, 4.69) is 43.2 Å². The predicted octanol–water partition coefficient (Wildman–Crippen LogP) is 0.903. The molecule has 0 fully saturated rings. The molecule has 0 aromatic carbocycles. The molecule has 0 radical (unpaired) electrons. The fraction of sp³-hybridized carbons (Fsp3) is 0.643. The molecule has 0 bridgehead atoms. The molecule has 6 heteroatoms. The maximum absolute atomic E-state index is 11.6. The lowest BCUT2D eigenvalue weighted by Crippen LogP contribution is -2.35. The third kappa shape index (κ3) is 5.32. The Labute approximate surface area is 120 Å². The number of hydrogen-bond acceptors (Lipinski definition) is 5. The van der Waals surface area contributed by atoms with Crippen molar-refractivity contribution in [1.29, 1.82) is 0 Å². The number of carbonyl (C=O) groups excluding carboxylic acids is 1. The number of amides is 1. The van der Waals surface area contributed by atoms with Gasteiger partial charge in [-0.1, -0.05) is 13.8 Å². The van der Waals surface area contributed by atoms with Crippen LogP contribution in [-0.2, 0) is 6.54 Å². The van der Waals surface area contributed by atoms with Gasteiger partial charge in [0.05, 0.1) is 6.26 Å². The highest BCUT2D eigenvalue weighted by atomic mass is 16.3. The SMILES string of the molecule is CC(C)CN(CCN(C)C)Cc1ccoc1C(=O)NN. The molecule has 0 aliphatic heterocycles. The van der Waals surface area contributed by atoms with Crippen LogP contribution in [0.1, 0.15) is 30.0 Å². The van der Waals surface area contributed by atoms with Gasteiger partial charge in [0.1, 0.15) is 0 Å². The lowest BCUT2D eigenvalue weighted by Gasteiger charge is -2.25. The second kappa shape index (κ2) is 8.04. The van der Waals surface area contributed by atoms with Gasteiger partial charge in [-0.3, -0.25) is 15.1 Å². The zero-order valence-electron chi connectivity index (χ0n) is 12.8. The molecule has 0 saturated heterocycles. The normalized spacial score (nSPS) is 11.6. The van der Waals surface area contributed by atoms with Crippen LogP contribution in [0, 0.1) is 5.92 Å². The molecular weight excluding hydrogens is 256 g/mol. The van der Waals surface area contributed by atoms with E-state index in [0.29, 0.717) is 18.2 Å². The number of nitrogen functional groups attached to an aromatic ring is 1. The first kappa shape index (κ1) is 16.7. The van der Waals surface area contributed by atoms with Crippen molar-refractivity contribution in [2.75, 3.05) is 33.7 Å². The minimum atomic E-state index is -0.387. The van der Waals surface area contributed by atoms with Crippen molar-refractivity contribution in [2.45, 2.75) is 20.4 Å². The number of rotatable bonds is 8. The monoisotopic (exact) mass is 282 g/mol. The summed E-state index contributed by atoms with van der Waals surface area (Å²) >= 11 is 0. The third-order valence-electron chi connectivity index (χ3n) is 2.96. The number of carbonyl (C=O) groups is 1. The highest BCUT2D eigenvalue weighted by Crippen LogP contribution is 2.14. The molecule has 6 nitrogen and oxygen atoms in total. The summed E-state index contributed by atoms with van der Waals surface area (Å²) < 4.78 is 5.22. The molecule has 1 aromatic rings. The lowest BCUT2D eigenvalue weighted by atomic mass is 10.1. The van der Waals surface area contributed by atoms with Crippen molar-refractivity contribution in [3.8, 4) is 0 Å². The average molecular weight is 282 g/mol. The predicted molar refractivity (Wildman–Crippen MR) is 79.0 cm³/mol. The van der Waals surface area contributed by atoms with Crippen LogP contribution in [0.2, 0.25) is 0 Å². The maximum Gasteiger partial charge on any atom is 0.301 e. The van der Waals surface area contributed by atoms with E-state index >= 15 is 0 Å². The zero-order valence-corrected chi connectivity index (χ0v) is 12.8. The van der Waals surface area contributed by atoms with Gasteiger partial charge in [0.15, 0.2) is 5.76 Å². The quantitative estimate of drug-likeness (QED) is 0.421. The second-order valence-electron chi connectivity index (χ2n) is 5.68. The van der Waals surface area contributed by atoms with Crippen LogP contribution in [0.4, 0.5) is 0 Å². The molecule has 0 spiro atoms. The van der Waals surface area contributed by atoms with Gasteiger partial charge >= 0.3 is 5.91 Å². The van der Waals surface area contributed by atoms with Crippen molar-refractivity contribution >= 4 is 5.91 Å². The summed E-state index contributed by atoms with van der Waals surface area (Å²) in [6.07, 6.45) is 1.53. The molecule has 114 valence electrons. The minimum absolute atomic E-state index is 0.297. The van der Waals surface area contributed by atoms with Gasteiger partial charge in [0.25, 0.3) is 0 Å². The summed E-state index contributed by atoms with van der Waals surface area (Å²) in [6.45, 7) is 7.95. The van der Waals surface area contributed by atoms with E-state index < -0.39 is 0 Å². The van der Waals surface area contributed by atoms with Crippen LogP contribution in [0.3, 0.4) is 0 Å². The lowest BCUT2D eigenvalue weighted by molar-refractivity contribution is 0.0922. The highest BCUT2D eigenvalue weighted by Gasteiger charge is 2.17. The molecule has 1 rings (SSSR count). The van der Waals surface area contributed by atoms with Crippen LogP contribution >= 0.6 is 0 Å². The van der Waals surface area contributed by atoms with Crippen LogP contribution in [0.15, 0.2) is 16.7 Å². The van der Waals surface area contributed by atoms with Crippen molar-refractivity contribution in [2.24, 2.45) is 11.8 Å². The number of nitrogens with one attached hydrogen (secondary N) is 1. The van der Waals surface area contributed by atoms with E-state index in [0.717, 1.165) is 25.2 Å². The average Bonchev–Trinajstić information content (AvgIpc) is 2.82. The molecule has 0 saturated carbocycles. The Bertz CT molecular complexity index is 415. The molecule has 3 N–H and O–H groups in total. The summed E-state index contributed by atoms with van der Waals surface area (Å²) in [6, 6.07) is 1.83. The van der Waals surface area contributed by atoms with E-state index in [9.17, 15) is 4.79 Å². The maximum atomic E-state index is 11.6. The molecule has 0 atom stereocenters. The molecule has 0 aliphatic rings. The summed E-state index contributed by atoms with van der Waals surface area (Å²) in [7, 11) is 4.11. The Hall–Kier alpha value is -1.37. The van der Waals surface area contributed by atoms with Crippen molar-refractivity contribution in [3.63, 3.8) is 0 Å². The van der Waals surface area contributed by atoms with Gasteiger partial charge in [-0.15, -0.1) is 0 Å². The van der Waals surface area contributed by atoms with Crippen LogP contribution < -0.4 is 11.3 Å². The van der Waals surface area contributed by atoms with E-state index in [1.807, 2.05) is 6.07 Å². The smallest absolute Gasteiger partial charge is 0.301 e. The largest absolute Gasteiger partial charge is 0.459 e. The van der Waals surface area contributed by atoms with E-state index in [1.54, 1.807) is 0 Å². The van der Waals surface area contributed by atoms with Crippen molar-refractivity contribution in [3.05, 3.63) is 23.7 Å². The van der Waals surface area contributed by atoms with Gasteiger partial charge < -0.3 is 9.32 Å². The molecular formula is C14H26N4O2. The van der Waals surface area contributed by atoms with E-state index in [1.165, 1.54) is 6.26 Å². The van der Waals surface area contributed by atoms with Gasteiger partial charge in [0, 0.05) is 31.7 Å². The third-order valence-corrected chi connectivity index (χ3v) is 2.96. The van der Waals surface area contributed by atoms with E-state index in [-0.39, 0.29) is 5.91 Å². The zero-order chi connectivity index (χ0) is 15.1. The second-order valence-corrected chi connectivity index (χ2v) is 5.68. The highest BCUT2D eigenvalue weighted by molar-refractivity contribution is 5.92. The molecule has 0 aliphatic carbocycles. The first-order chi connectivity index (χ1) is 9.43. The molecule has 1 heterocycles. The van der Waals surface area contributed by atoms with Gasteiger partial charge in [-0.05, 0) is 26.1 Å². The van der Waals surface area contributed by atoms with Crippen molar-refractivity contribution < 1.29 is 9.21 Å². The molecule has 0 unspecified atom stereocenters. The van der Waals surface area contributed by atoms with Crippen LogP contribution in [0.5, 0.6) is 0 Å². The standard InChI is InChI=1S/C14H26N4O2/c1-11(2)9-18(7-6-17(3)4)10-12-5-8-20-13(12)14(19)16-15/h5,8,11H,6-7,9-10,15H2,1-4H3,(H,16,19). The Morgan fingerprint density at radius 3 is 2.65 bits per heavy atom. The number of likely N-dealkylation sites (N-methyl/N-ethyl adjacent to an activating group) is 1. The Morgan fingerprint density at radius 2 is 2.10 bits per heavy atom.